The molecule has 0 spiro atoms. The normalized spacial score (nSPS) is 22.9. The standard InChI is InChI=1S/C24H37N5O3/c1-3-20-18-29(21-6-4-5-7-22(21)32-20)24(31)28-11-8-19(9-12-28)23(30)25-10-13-27-16-14-26(2)15-17-27/h4-7,19-20H,3,8-18H2,1-2H3,(H,25,30)/t20-/m1/s1. The fourth-order valence-electron chi connectivity index (χ4n) is 4.75. The molecule has 2 fully saturated rings. The highest BCUT2D eigenvalue weighted by atomic mass is 16.5. The number of carbonyl (C=O) groups excluding carboxylic acids is 2. The maximum absolute atomic E-state index is 13.3. The second-order valence-electron chi connectivity index (χ2n) is 9.21. The fraction of sp³-hybridized carbons (Fsp3) is 0.667. The van der Waals surface area contributed by atoms with E-state index in [0.29, 0.717) is 26.2 Å². The minimum Gasteiger partial charge on any atom is -0.486 e. The summed E-state index contributed by atoms with van der Waals surface area (Å²) in [6.07, 6.45) is 2.30. The first-order valence-electron chi connectivity index (χ1n) is 12.1. The molecule has 4 rings (SSSR count). The molecule has 32 heavy (non-hydrogen) atoms. The number of rotatable bonds is 5. The Labute approximate surface area is 191 Å². The highest BCUT2D eigenvalue weighted by molar-refractivity contribution is 5.94. The summed E-state index contributed by atoms with van der Waals surface area (Å²) in [5.41, 5.74) is 0.839. The van der Waals surface area contributed by atoms with Crippen LogP contribution in [-0.2, 0) is 4.79 Å². The topological polar surface area (TPSA) is 68.4 Å². The van der Waals surface area contributed by atoms with Crippen molar-refractivity contribution in [3.05, 3.63) is 24.3 Å². The van der Waals surface area contributed by atoms with Crippen molar-refractivity contribution < 1.29 is 14.3 Å². The average Bonchev–Trinajstić information content (AvgIpc) is 2.84. The summed E-state index contributed by atoms with van der Waals surface area (Å²) < 4.78 is 6.01. The van der Waals surface area contributed by atoms with E-state index in [1.807, 2.05) is 34.1 Å². The van der Waals surface area contributed by atoms with E-state index in [4.69, 9.17) is 4.74 Å². The summed E-state index contributed by atoms with van der Waals surface area (Å²) in [6.45, 7) is 9.80. The van der Waals surface area contributed by atoms with Gasteiger partial charge in [-0.3, -0.25) is 14.6 Å². The van der Waals surface area contributed by atoms with Gasteiger partial charge < -0.3 is 19.9 Å². The second-order valence-corrected chi connectivity index (χ2v) is 9.21. The number of anilines is 1. The van der Waals surface area contributed by atoms with E-state index in [9.17, 15) is 9.59 Å². The number of benzene rings is 1. The van der Waals surface area contributed by atoms with E-state index < -0.39 is 0 Å². The van der Waals surface area contributed by atoms with Crippen molar-refractivity contribution in [2.75, 3.05) is 70.9 Å². The predicted octanol–water partition coefficient (Wildman–Crippen LogP) is 1.86. The third-order valence-electron chi connectivity index (χ3n) is 6.98. The highest BCUT2D eigenvalue weighted by Gasteiger charge is 2.34. The second kappa shape index (κ2) is 10.5. The first-order valence-corrected chi connectivity index (χ1v) is 12.1. The number of hydrogen-bond donors (Lipinski definition) is 1. The number of likely N-dealkylation sites (tertiary alicyclic amines) is 1. The molecule has 0 saturated carbocycles. The number of carbonyl (C=O) groups is 2. The molecule has 8 heteroatoms. The molecule has 0 aliphatic carbocycles. The number of likely N-dealkylation sites (N-methyl/N-ethyl adjacent to an activating group) is 1. The number of ether oxygens (including phenoxy) is 1. The molecular formula is C24H37N5O3. The number of urea groups is 1. The Morgan fingerprint density at radius 1 is 1.06 bits per heavy atom. The lowest BCUT2D eigenvalue weighted by Crippen LogP contribution is -2.52. The molecule has 3 aliphatic rings. The zero-order chi connectivity index (χ0) is 22.5. The van der Waals surface area contributed by atoms with E-state index in [1.54, 1.807) is 0 Å². The third-order valence-corrected chi connectivity index (χ3v) is 6.98. The van der Waals surface area contributed by atoms with Crippen LogP contribution in [-0.4, -0.2) is 98.7 Å². The van der Waals surface area contributed by atoms with Crippen LogP contribution in [0.3, 0.4) is 0 Å². The van der Waals surface area contributed by atoms with Gasteiger partial charge in [-0.1, -0.05) is 19.1 Å². The largest absolute Gasteiger partial charge is 0.486 e. The van der Waals surface area contributed by atoms with Crippen molar-refractivity contribution in [2.24, 2.45) is 5.92 Å². The lowest BCUT2D eigenvalue weighted by atomic mass is 9.96. The number of hydrogen-bond acceptors (Lipinski definition) is 5. The predicted molar refractivity (Wildman–Crippen MR) is 125 cm³/mol. The first kappa shape index (κ1) is 22.9. The quantitative estimate of drug-likeness (QED) is 0.752. The van der Waals surface area contributed by atoms with Crippen LogP contribution in [0, 0.1) is 5.92 Å². The lowest BCUT2D eigenvalue weighted by Gasteiger charge is -2.39. The molecule has 3 heterocycles. The van der Waals surface area contributed by atoms with Crippen LogP contribution in [0.2, 0.25) is 0 Å². The van der Waals surface area contributed by atoms with Gasteiger partial charge in [0, 0.05) is 58.3 Å². The summed E-state index contributed by atoms with van der Waals surface area (Å²) in [5, 5.41) is 3.12. The number of piperidine rings is 1. The minimum atomic E-state index is -0.00750. The smallest absolute Gasteiger partial charge is 0.324 e. The Morgan fingerprint density at radius 2 is 1.78 bits per heavy atom. The van der Waals surface area contributed by atoms with Gasteiger partial charge in [-0.25, -0.2) is 4.79 Å². The Kier molecular flexibility index (Phi) is 7.52. The number of fused-ring (bicyclic) bond motifs is 1. The summed E-state index contributed by atoms with van der Waals surface area (Å²) in [5.74, 6) is 0.898. The van der Waals surface area contributed by atoms with Gasteiger partial charge in [0.25, 0.3) is 0 Å². The Morgan fingerprint density at radius 3 is 2.50 bits per heavy atom. The third kappa shape index (κ3) is 5.35. The van der Waals surface area contributed by atoms with Crippen LogP contribution in [0.4, 0.5) is 10.5 Å². The summed E-state index contributed by atoms with van der Waals surface area (Å²) in [7, 11) is 2.15. The van der Waals surface area contributed by atoms with Crippen LogP contribution >= 0.6 is 0 Å². The first-order chi connectivity index (χ1) is 15.5. The van der Waals surface area contributed by atoms with Crippen LogP contribution < -0.4 is 15.0 Å². The minimum absolute atomic E-state index is 0.00750. The monoisotopic (exact) mass is 443 g/mol. The van der Waals surface area contributed by atoms with Crippen molar-refractivity contribution in [3.8, 4) is 5.75 Å². The molecule has 0 aromatic heterocycles. The molecule has 1 N–H and O–H groups in total. The molecule has 1 aromatic carbocycles. The van der Waals surface area contributed by atoms with E-state index >= 15 is 0 Å². The maximum atomic E-state index is 13.3. The molecule has 1 aromatic rings. The van der Waals surface area contributed by atoms with Gasteiger partial charge in [0.15, 0.2) is 0 Å². The number of piperazine rings is 1. The van der Waals surface area contributed by atoms with E-state index in [2.05, 4.69) is 29.1 Å². The van der Waals surface area contributed by atoms with Gasteiger partial charge in [-0.15, -0.1) is 0 Å². The average molecular weight is 444 g/mol. The van der Waals surface area contributed by atoms with Crippen LogP contribution in [0.25, 0.3) is 0 Å². The fourth-order valence-corrected chi connectivity index (χ4v) is 4.75. The summed E-state index contributed by atoms with van der Waals surface area (Å²) >= 11 is 0. The number of para-hydroxylation sites is 2. The van der Waals surface area contributed by atoms with Gasteiger partial charge in [0.2, 0.25) is 5.91 Å². The zero-order valence-electron chi connectivity index (χ0n) is 19.5. The van der Waals surface area contributed by atoms with Crippen molar-refractivity contribution in [2.45, 2.75) is 32.3 Å². The molecule has 1 atom stereocenters. The van der Waals surface area contributed by atoms with Gasteiger partial charge >= 0.3 is 6.03 Å². The highest BCUT2D eigenvalue weighted by Crippen LogP contribution is 2.35. The Bertz CT molecular complexity index is 788. The summed E-state index contributed by atoms with van der Waals surface area (Å²) in [6, 6.07) is 7.77. The molecule has 0 radical (unpaired) electrons. The van der Waals surface area contributed by atoms with Crippen molar-refractivity contribution in [3.63, 3.8) is 0 Å². The molecular weight excluding hydrogens is 406 g/mol. The van der Waals surface area contributed by atoms with Gasteiger partial charge in [-0.05, 0) is 38.4 Å². The van der Waals surface area contributed by atoms with Crippen molar-refractivity contribution in [1.82, 2.24) is 20.0 Å². The number of nitrogens with one attached hydrogen (secondary N) is 1. The molecule has 2 saturated heterocycles. The molecule has 0 unspecified atom stereocenters. The van der Waals surface area contributed by atoms with Crippen LogP contribution in [0.1, 0.15) is 26.2 Å². The number of nitrogens with zero attached hydrogens (tertiary/aromatic N) is 4. The lowest BCUT2D eigenvalue weighted by molar-refractivity contribution is -0.126. The van der Waals surface area contributed by atoms with E-state index in [0.717, 1.165) is 63.4 Å². The molecule has 0 bridgehead atoms. The molecule has 8 nitrogen and oxygen atoms in total. The van der Waals surface area contributed by atoms with Gasteiger partial charge in [-0.2, -0.15) is 0 Å². The number of amides is 3. The Balaban J connectivity index is 1.24. The van der Waals surface area contributed by atoms with Crippen molar-refractivity contribution >= 4 is 17.6 Å². The molecule has 176 valence electrons. The molecule has 3 aliphatic heterocycles. The van der Waals surface area contributed by atoms with Crippen molar-refractivity contribution in [1.29, 1.82) is 0 Å². The van der Waals surface area contributed by atoms with Gasteiger partial charge in [0.05, 0.1) is 12.2 Å². The van der Waals surface area contributed by atoms with Gasteiger partial charge in [0.1, 0.15) is 11.9 Å². The Hall–Kier alpha value is -2.32. The maximum Gasteiger partial charge on any atom is 0.324 e. The molecule has 3 amide bonds. The summed E-state index contributed by atoms with van der Waals surface area (Å²) in [4.78, 5) is 34.4. The zero-order valence-corrected chi connectivity index (χ0v) is 19.5. The van der Waals surface area contributed by atoms with E-state index in [1.165, 1.54) is 0 Å². The van der Waals surface area contributed by atoms with E-state index in [-0.39, 0.29) is 24.0 Å². The van der Waals surface area contributed by atoms with Crippen LogP contribution in [0.5, 0.6) is 5.75 Å². The van der Waals surface area contributed by atoms with Crippen LogP contribution in [0.15, 0.2) is 24.3 Å². The SMILES string of the molecule is CC[C@@H]1CN(C(=O)N2CCC(C(=O)NCCN3CCN(C)CC3)CC2)c2ccccc2O1.